The molecule has 0 aromatic rings. The first-order valence-corrected chi connectivity index (χ1v) is 42.9. The van der Waals surface area contributed by atoms with Crippen molar-refractivity contribution in [3.8, 4) is 0 Å². The van der Waals surface area contributed by atoms with Crippen LogP contribution < -0.4 is 0 Å². The first-order chi connectivity index (χ1) is 44.0. The number of aliphatic carboxylic acids is 1. The number of carbonyl (C=O) groups is 1. The maximum atomic E-state index is 10.7. The van der Waals surface area contributed by atoms with Gasteiger partial charge in [-0.05, 0) is 242 Å². The third-order valence-electron chi connectivity index (χ3n) is 21.9. The molecule has 0 heterocycles. The minimum atomic E-state index is -0.598. The Balaban J connectivity index is -0.00000102. The molecule has 0 aliphatic heterocycles. The zero-order chi connectivity index (χ0) is 76.0. The van der Waals surface area contributed by atoms with E-state index in [4.69, 9.17) is 5.11 Å². The van der Waals surface area contributed by atoms with Crippen molar-refractivity contribution in [2.24, 2.45) is 126 Å². The van der Waals surface area contributed by atoms with Crippen LogP contribution in [0.4, 0.5) is 0 Å². The Hall–Kier alpha value is -0.570. The maximum absolute atomic E-state index is 10.7. The second kappa shape index (κ2) is 50.0. The van der Waals surface area contributed by atoms with E-state index < -0.39 is 5.97 Å². The van der Waals surface area contributed by atoms with E-state index in [2.05, 4.69) is 242 Å². The number of hydrogen-bond donors (Lipinski definition) is 2. The summed E-state index contributed by atoms with van der Waals surface area (Å²) < 4.78 is 0. The van der Waals surface area contributed by atoms with E-state index in [-0.39, 0.29) is 12.0 Å². The molecule has 586 valence electrons. The largest absolute Gasteiger partial charge is 0.481 e. The highest BCUT2D eigenvalue weighted by Gasteiger charge is 2.34. The molecule has 0 saturated heterocycles. The Bertz CT molecular complexity index is 1720. The normalized spacial score (nSPS) is 23.3. The van der Waals surface area contributed by atoms with Crippen LogP contribution in [0.15, 0.2) is 0 Å². The van der Waals surface area contributed by atoms with Gasteiger partial charge in [0.1, 0.15) is 0 Å². The lowest BCUT2D eigenvalue weighted by Gasteiger charge is -2.31. The van der Waals surface area contributed by atoms with Gasteiger partial charge in [0.05, 0.1) is 12.0 Å². The first-order valence-electron chi connectivity index (χ1n) is 42.9. The van der Waals surface area contributed by atoms with E-state index in [1.807, 2.05) is 0 Å². The van der Waals surface area contributed by atoms with Gasteiger partial charge in [-0.15, -0.1) is 0 Å². The number of aliphatic hydroxyl groups excluding tert-OH is 1. The average Bonchev–Trinajstić information content (AvgIpc) is 1.66. The number of hydrogen-bond acceptors (Lipinski definition) is 2. The van der Waals surface area contributed by atoms with E-state index in [1.54, 1.807) is 0 Å². The van der Waals surface area contributed by atoms with Crippen LogP contribution >= 0.6 is 0 Å². The molecule has 0 unspecified atom stereocenters. The van der Waals surface area contributed by atoms with Gasteiger partial charge in [0, 0.05) is 0 Å². The molecule has 97 heavy (non-hydrogen) atoms. The Morgan fingerprint density at radius 1 is 0.351 bits per heavy atom. The highest BCUT2D eigenvalue weighted by atomic mass is 16.4. The molecular formula is C94H192O3. The predicted octanol–water partition coefficient (Wildman–Crippen LogP) is 32.3. The van der Waals surface area contributed by atoms with E-state index in [0.29, 0.717) is 43.3 Å². The summed E-state index contributed by atoms with van der Waals surface area (Å²) in [7, 11) is 0. The van der Waals surface area contributed by atoms with Crippen molar-refractivity contribution >= 4 is 5.97 Å². The molecule has 0 amide bonds. The van der Waals surface area contributed by atoms with Crippen molar-refractivity contribution < 1.29 is 15.0 Å². The number of carboxylic acids is 1. The fourth-order valence-electron chi connectivity index (χ4n) is 16.5. The van der Waals surface area contributed by atoms with Crippen molar-refractivity contribution in [3.05, 3.63) is 0 Å². The fraction of sp³-hybridized carbons (Fsp3) is 0.989. The van der Waals surface area contributed by atoms with Crippen LogP contribution in [0, 0.1) is 126 Å². The standard InChI is InChI=1S/C12H22O2.C11H22.2C10H20.C10H22.C9H18O.C9H20.C8H16.C8H18.C7H14/c1-12(2,3)8-9-4-6-10(7-5-9)11(13)14;1-11(2,3)9-10-7-5-4-6-8-10;1-8(2)10-6-4-9(3)5-7-10;1-10(2,3)8-9-6-4-5-7-9;1-6-9(7-2)8-10(3,4)5;1-7(2)8-3-5-9(10)6-4-8;1-6-8(2)7-9(3,4)5;1-8(2,3)6-7-4-5-7;1-7(2)6-8(3,4)5;1-7(2,3)6-4-5-6/h9-10H,4-8H2,1-3H3,(H,13,14);10H,4-9H2,1-3H3;8-10H,4-7H2,1-3H3;9H,4-8H2,1-3H3;9H,6-8H2,1-5H3;7-10H,3-6H2,1-2H3;8H,6-7H2,1-5H3;7H,4-6H2,1-3H3;7H,6H2,1-5H3;6H,4-5H2,1-3H3/t;;;;;;8-;;;/m......0.../s1. The van der Waals surface area contributed by atoms with Gasteiger partial charge >= 0.3 is 5.97 Å². The van der Waals surface area contributed by atoms with Gasteiger partial charge in [0.25, 0.3) is 0 Å². The molecule has 0 bridgehead atoms. The molecule has 7 fully saturated rings. The number of carboxylic acid groups (broad SMARTS) is 1. The summed E-state index contributed by atoms with van der Waals surface area (Å²) in [5.41, 5.74) is 4.28. The second-order valence-electron chi connectivity index (χ2n) is 44.8. The maximum Gasteiger partial charge on any atom is 0.306 e. The zero-order valence-electron chi connectivity index (χ0n) is 74.2. The third-order valence-corrected chi connectivity index (χ3v) is 21.9. The van der Waals surface area contributed by atoms with Gasteiger partial charge in [0.15, 0.2) is 0 Å². The van der Waals surface area contributed by atoms with Crippen LogP contribution in [0.2, 0.25) is 0 Å². The molecule has 1 atom stereocenters. The molecule has 7 saturated carbocycles. The van der Waals surface area contributed by atoms with Gasteiger partial charge in [-0.3, -0.25) is 4.79 Å². The van der Waals surface area contributed by atoms with Crippen molar-refractivity contribution in [1.29, 1.82) is 0 Å². The summed E-state index contributed by atoms with van der Waals surface area (Å²) >= 11 is 0. The summed E-state index contributed by atoms with van der Waals surface area (Å²) in [6.07, 6.45) is 47.4. The summed E-state index contributed by atoms with van der Waals surface area (Å²) in [5.74, 6) is 11.7. The van der Waals surface area contributed by atoms with Crippen LogP contribution in [-0.4, -0.2) is 22.3 Å². The number of rotatable bonds is 13. The molecule has 2 N–H and O–H groups in total. The Morgan fingerprint density at radius 3 is 0.845 bits per heavy atom. The molecule has 7 aliphatic carbocycles. The van der Waals surface area contributed by atoms with Crippen LogP contribution in [0.3, 0.4) is 0 Å². The van der Waals surface area contributed by atoms with Crippen molar-refractivity contribution in [3.63, 3.8) is 0 Å². The molecule has 3 heteroatoms. The summed E-state index contributed by atoms with van der Waals surface area (Å²) in [5, 5.41) is 18.1. The zero-order valence-corrected chi connectivity index (χ0v) is 74.2. The monoisotopic (exact) mass is 1370 g/mol. The molecule has 7 rings (SSSR count). The predicted molar refractivity (Wildman–Crippen MR) is 442 cm³/mol. The molecule has 0 spiro atoms. The molecule has 0 radical (unpaired) electrons. The van der Waals surface area contributed by atoms with Crippen LogP contribution in [-0.2, 0) is 4.79 Å². The first kappa shape index (κ1) is 101. The Kier molecular flexibility index (Phi) is 51.9. The second-order valence-corrected chi connectivity index (χ2v) is 44.8. The van der Waals surface area contributed by atoms with E-state index in [9.17, 15) is 9.90 Å². The summed E-state index contributed by atoms with van der Waals surface area (Å²) in [4.78, 5) is 10.7. The molecular weight excluding hydrogens is 1180 g/mol. The third kappa shape index (κ3) is 69.6. The lowest BCUT2D eigenvalue weighted by molar-refractivity contribution is -0.143. The van der Waals surface area contributed by atoms with E-state index >= 15 is 0 Å². The van der Waals surface area contributed by atoms with Crippen LogP contribution in [0.25, 0.3) is 0 Å². The fourth-order valence-corrected chi connectivity index (χ4v) is 16.5. The SMILES string of the molecule is CC(C)(C)C1CC1.CC(C)(C)CC1CC1.CC(C)(C)CC1CCC(C(=O)O)CC1.CC(C)(C)CC1CCCC1.CC(C)(C)CC1CCCCC1.CC(C)C1CCC(O)CC1.CC(C)CC(C)(C)C.CC1CCC(C(C)C)CC1.CCC(CC)CC(C)(C)C.CC[C@H](C)CC(C)(C)C. The molecule has 3 nitrogen and oxygen atoms in total. The van der Waals surface area contributed by atoms with Crippen LogP contribution in [0.1, 0.15) is 467 Å². The van der Waals surface area contributed by atoms with Crippen molar-refractivity contribution in [2.45, 2.75) is 473 Å². The minimum Gasteiger partial charge on any atom is -0.481 e. The average molecular weight is 1370 g/mol. The van der Waals surface area contributed by atoms with E-state index in [1.165, 1.54) is 186 Å². The van der Waals surface area contributed by atoms with Gasteiger partial charge in [0.2, 0.25) is 0 Å². The van der Waals surface area contributed by atoms with E-state index in [0.717, 1.165) is 115 Å². The highest BCUT2D eigenvalue weighted by Crippen LogP contribution is 2.45. The smallest absolute Gasteiger partial charge is 0.306 e. The number of aliphatic hydroxyl groups is 1. The Morgan fingerprint density at radius 2 is 0.649 bits per heavy atom. The van der Waals surface area contributed by atoms with Gasteiger partial charge in [-0.2, -0.15) is 0 Å². The lowest BCUT2D eigenvalue weighted by Crippen LogP contribution is -2.23. The molecule has 0 aromatic carbocycles. The molecule has 0 aromatic heterocycles. The summed E-state index contributed by atoms with van der Waals surface area (Å²) in [6.45, 7) is 81.0. The van der Waals surface area contributed by atoms with Crippen LogP contribution in [0.5, 0.6) is 0 Å². The summed E-state index contributed by atoms with van der Waals surface area (Å²) in [6, 6.07) is 0. The lowest BCUT2D eigenvalue weighted by atomic mass is 9.75. The topological polar surface area (TPSA) is 57.5 Å². The quantitative estimate of drug-likeness (QED) is 0.193. The highest BCUT2D eigenvalue weighted by molar-refractivity contribution is 5.70. The van der Waals surface area contributed by atoms with Crippen molar-refractivity contribution in [1.82, 2.24) is 0 Å². The minimum absolute atomic E-state index is 0.00926. The van der Waals surface area contributed by atoms with Gasteiger partial charge in [-0.25, -0.2) is 0 Å². The Labute approximate surface area is 616 Å². The van der Waals surface area contributed by atoms with Gasteiger partial charge < -0.3 is 10.2 Å². The van der Waals surface area contributed by atoms with Gasteiger partial charge in [-0.1, -0.05) is 345 Å². The molecule has 7 aliphatic rings. The van der Waals surface area contributed by atoms with Crippen molar-refractivity contribution in [2.75, 3.05) is 0 Å².